The Balaban J connectivity index is 1.54. The third kappa shape index (κ3) is 5.20. The Morgan fingerprint density at radius 2 is 2.11 bits per heavy atom. The van der Waals surface area contributed by atoms with Gasteiger partial charge in [-0.15, -0.1) is 10.2 Å². The number of rotatable bonds is 6. The van der Waals surface area contributed by atoms with Gasteiger partial charge in [0.15, 0.2) is 14.2 Å². The number of carbonyl (C=O) groups is 1. The minimum atomic E-state index is -3.05. The van der Waals surface area contributed by atoms with E-state index in [1.807, 2.05) is 19.1 Å². The van der Waals surface area contributed by atoms with Crippen LogP contribution in [-0.2, 0) is 14.6 Å². The fraction of sp³-hybridized carbons (Fsp3) is 0.471. The predicted molar refractivity (Wildman–Crippen MR) is 110 cm³/mol. The van der Waals surface area contributed by atoms with Gasteiger partial charge in [0, 0.05) is 5.69 Å². The molecule has 0 saturated carbocycles. The molecule has 10 heteroatoms. The molecule has 146 valence electrons. The van der Waals surface area contributed by atoms with Gasteiger partial charge in [-0.25, -0.2) is 8.42 Å². The molecule has 1 unspecified atom stereocenters. The molecule has 1 fully saturated rings. The summed E-state index contributed by atoms with van der Waals surface area (Å²) in [5, 5.41) is 15.0. The van der Waals surface area contributed by atoms with Gasteiger partial charge < -0.3 is 10.6 Å². The molecule has 0 radical (unpaired) electrons. The Labute approximate surface area is 167 Å². The maximum absolute atomic E-state index is 12.2. The molecule has 27 heavy (non-hydrogen) atoms. The molecule has 0 aliphatic carbocycles. The van der Waals surface area contributed by atoms with Crippen molar-refractivity contribution in [3.05, 3.63) is 29.3 Å². The summed E-state index contributed by atoms with van der Waals surface area (Å²) in [7, 11) is -3.05. The number of amides is 1. The minimum absolute atomic E-state index is 0.000867. The number of aromatic nitrogens is 2. The van der Waals surface area contributed by atoms with E-state index < -0.39 is 15.4 Å². The Morgan fingerprint density at radius 3 is 2.81 bits per heavy atom. The zero-order valence-corrected chi connectivity index (χ0v) is 17.9. The summed E-state index contributed by atoms with van der Waals surface area (Å²) in [6.07, 6.45) is 0.453. The number of anilines is 2. The Morgan fingerprint density at radius 1 is 1.33 bits per heavy atom. The van der Waals surface area contributed by atoms with Crippen LogP contribution >= 0.6 is 23.1 Å². The van der Waals surface area contributed by atoms with Crippen molar-refractivity contribution in [1.82, 2.24) is 15.5 Å². The van der Waals surface area contributed by atoms with Crippen LogP contribution in [0, 0.1) is 13.8 Å². The lowest BCUT2D eigenvalue weighted by molar-refractivity contribution is -0.120. The summed E-state index contributed by atoms with van der Waals surface area (Å²) in [5.74, 6) is 0.104. The number of sulfone groups is 1. The Bertz CT molecular complexity index is 958. The second-order valence-electron chi connectivity index (χ2n) is 6.99. The van der Waals surface area contributed by atoms with Crippen molar-refractivity contribution >= 4 is 49.7 Å². The molecule has 1 amide bonds. The molecule has 2 N–H and O–H groups in total. The Hall–Kier alpha value is -1.65. The van der Waals surface area contributed by atoms with E-state index in [2.05, 4.69) is 33.8 Å². The number of thioether (sulfide) groups is 1. The molecule has 1 aliphatic rings. The molecule has 3 rings (SSSR count). The normalized spacial score (nSPS) is 21.1. The highest BCUT2D eigenvalue weighted by Crippen LogP contribution is 2.30. The molecule has 1 aromatic carbocycles. The maximum atomic E-state index is 12.2. The lowest BCUT2D eigenvalue weighted by atomic mass is 10.0. The molecule has 7 nitrogen and oxygen atoms in total. The second kappa shape index (κ2) is 7.76. The highest BCUT2D eigenvalue weighted by atomic mass is 32.2. The van der Waals surface area contributed by atoms with E-state index in [1.165, 1.54) is 28.7 Å². The van der Waals surface area contributed by atoms with Crippen molar-refractivity contribution in [1.29, 1.82) is 0 Å². The highest BCUT2D eigenvalue weighted by molar-refractivity contribution is 8.01. The molecule has 2 heterocycles. The fourth-order valence-electron chi connectivity index (χ4n) is 2.93. The van der Waals surface area contributed by atoms with Gasteiger partial charge in [0.1, 0.15) is 0 Å². The van der Waals surface area contributed by atoms with Crippen LogP contribution in [0.3, 0.4) is 0 Å². The monoisotopic (exact) mass is 426 g/mol. The van der Waals surface area contributed by atoms with E-state index in [0.29, 0.717) is 15.9 Å². The van der Waals surface area contributed by atoms with Crippen molar-refractivity contribution in [2.75, 3.05) is 22.6 Å². The van der Waals surface area contributed by atoms with E-state index in [4.69, 9.17) is 0 Å². The first-order chi connectivity index (χ1) is 12.7. The summed E-state index contributed by atoms with van der Waals surface area (Å²) in [5.41, 5.74) is 2.66. The van der Waals surface area contributed by atoms with Crippen molar-refractivity contribution in [3.8, 4) is 0 Å². The summed E-state index contributed by atoms with van der Waals surface area (Å²) in [4.78, 5) is 12.2. The van der Waals surface area contributed by atoms with Crippen LogP contribution in [0.4, 0.5) is 10.8 Å². The first-order valence-electron chi connectivity index (χ1n) is 8.47. The smallest absolute Gasteiger partial charge is 0.230 e. The SMILES string of the molecule is Cc1cccc(Nc2nnc(SCC(=O)NC3(C)CCS(=O)(=O)C3)s2)c1C. The highest BCUT2D eigenvalue weighted by Gasteiger charge is 2.39. The van der Waals surface area contributed by atoms with Crippen LogP contribution < -0.4 is 10.6 Å². The average Bonchev–Trinajstić information content (AvgIpc) is 3.13. The molecule has 0 bridgehead atoms. The number of nitrogens with one attached hydrogen (secondary N) is 2. The molecule has 1 saturated heterocycles. The van der Waals surface area contributed by atoms with Crippen LogP contribution in [-0.4, -0.2) is 47.3 Å². The first kappa shape index (κ1) is 20.1. The van der Waals surface area contributed by atoms with Crippen LogP contribution in [0.25, 0.3) is 0 Å². The van der Waals surface area contributed by atoms with Crippen molar-refractivity contribution in [3.63, 3.8) is 0 Å². The molecular formula is C17H22N4O3S3. The minimum Gasteiger partial charge on any atom is -0.349 e. The third-order valence-electron chi connectivity index (χ3n) is 4.52. The zero-order valence-electron chi connectivity index (χ0n) is 15.4. The van der Waals surface area contributed by atoms with Crippen LogP contribution in [0.2, 0.25) is 0 Å². The zero-order chi connectivity index (χ0) is 19.7. The predicted octanol–water partition coefficient (Wildman–Crippen LogP) is 2.68. The molecule has 1 aliphatic heterocycles. The number of aryl methyl sites for hydroxylation is 1. The van der Waals surface area contributed by atoms with Crippen LogP contribution in [0.15, 0.2) is 22.5 Å². The second-order valence-corrected chi connectivity index (χ2v) is 11.4. The van der Waals surface area contributed by atoms with Gasteiger partial charge in [-0.1, -0.05) is 35.2 Å². The van der Waals surface area contributed by atoms with Crippen molar-refractivity contribution in [2.45, 2.75) is 37.1 Å². The van der Waals surface area contributed by atoms with Crippen molar-refractivity contribution < 1.29 is 13.2 Å². The lowest BCUT2D eigenvalue weighted by Crippen LogP contribution is -2.47. The average molecular weight is 427 g/mol. The summed E-state index contributed by atoms with van der Waals surface area (Å²) in [6.45, 7) is 5.87. The fourth-order valence-corrected chi connectivity index (χ4v) is 6.59. The van der Waals surface area contributed by atoms with Crippen LogP contribution in [0.5, 0.6) is 0 Å². The lowest BCUT2D eigenvalue weighted by Gasteiger charge is -2.23. The van der Waals surface area contributed by atoms with E-state index in [9.17, 15) is 13.2 Å². The molecule has 1 atom stereocenters. The summed E-state index contributed by atoms with van der Waals surface area (Å²) < 4.78 is 23.9. The van der Waals surface area contributed by atoms with Gasteiger partial charge in [0.05, 0.1) is 22.8 Å². The van der Waals surface area contributed by atoms with E-state index >= 15 is 0 Å². The van der Waals surface area contributed by atoms with Crippen molar-refractivity contribution in [2.24, 2.45) is 0 Å². The number of nitrogens with zero attached hydrogens (tertiary/aromatic N) is 2. The van der Waals surface area contributed by atoms with E-state index in [0.717, 1.165) is 11.3 Å². The summed E-state index contributed by atoms with van der Waals surface area (Å²) in [6, 6.07) is 6.02. The molecular weight excluding hydrogens is 404 g/mol. The van der Waals surface area contributed by atoms with Gasteiger partial charge in [0.2, 0.25) is 11.0 Å². The van der Waals surface area contributed by atoms with Gasteiger partial charge in [-0.3, -0.25) is 4.79 Å². The number of hydrogen-bond donors (Lipinski definition) is 2. The Kier molecular flexibility index (Phi) is 5.78. The van der Waals surface area contributed by atoms with Crippen LogP contribution in [0.1, 0.15) is 24.5 Å². The number of hydrogen-bond acceptors (Lipinski definition) is 8. The quantitative estimate of drug-likeness (QED) is 0.685. The standard InChI is InChI=1S/C17H22N4O3S3/c1-11-5-4-6-13(12(11)2)18-15-20-21-16(26-15)25-9-14(22)19-17(3)7-8-27(23,24)10-17/h4-6H,7-10H2,1-3H3,(H,18,20)(H,19,22). The van der Waals surface area contributed by atoms with E-state index in [-0.39, 0.29) is 23.2 Å². The topological polar surface area (TPSA) is 101 Å². The third-order valence-corrected chi connectivity index (χ3v) is 8.40. The molecule has 2 aromatic rings. The molecule has 1 aromatic heterocycles. The van der Waals surface area contributed by atoms with Gasteiger partial charge >= 0.3 is 0 Å². The largest absolute Gasteiger partial charge is 0.349 e. The van der Waals surface area contributed by atoms with Gasteiger partial charge in [0.25, 0.3) is 0 Å². The molecule has 0 spiro atoms. The number of carbonyl (C=O) groups excluding carboxylic acids is 1. The first-order valence-corrected chi connectivity index (χ1v) is 12.1. The van der Waals surface area contributed by atoms with Gasteiger partial charge in [-0.2, -0.15) is 0 Å². The van der Waals surface area contributed by atoms with E-state index in [1.54, 1.807) is 6.92 Å². The maximum Gasteiger partial charge on any atom is 0.230 e. The van der Waals surface area contributed by atoms with Gasteiger partial charge in [-0.05, 0) is 44.4 Å². The number of benzene rings is 1. The summed E-state index contributed by atoms with van der Waals surface area (Å²) >= 11 is 2.67.